The van der Waals surface area contributed by atoms with Gasteiger partial charge in [-0.2, -0.15) is 5.10 Å². The first-order valence-electron chi connectivity index (χ1n) is 4.97. The fraction of sp³-hybridized carbons (Fsp3) is 0.273. The molecule has 1 amide bonds. The number of hydrogen-bond acceptors (Lipinski definition) is 4. The molecule has 2 N–H and O–H groups in total. The van der Waals surface area contributed by atoms with Crippen LogP contribution in [0.1, 0.15) is 19.4 Å². The fourth-order valence-corrected chi connectivity index (χ4v) is 2.50. The van der Waals surface area contributed by atoms with Crippen LogP contribution in [0.3, 0.4) is 0 Å². The lowest BCUT2D eigenvalue weighted by molar-refractivity contribution is -0.117. The molecule has 1 aliphatic rings. The molecule has 5 heteroatoms. The molecule has 0 saturated heterocycles. The number of thioether (sulfide) groups is 1. The van der Waals surface area contributed by atoms with Gasteiger partial charge in [-0.25, -0.2) is 0 Å². The molecule has 84 valence electrons. The maximum Gasteiger partial charge on any atom is 0.222 e. The Labute approximate surface area is 98.5 Å². The zero-order chi connectivity index (χ0) is 11.6. The third kappa shape index (κ3) is 2.19. The number of carbonyl (C=O) groups excluding carboxylic acids is 1. The summed E-state index contributed by atoms with van der Waals surface area (Å²) >= 11 is 1.50. The predicted octanol–water partition coefficient (Wildman–Crippen LogP) is 1.60. The van der Waals surface area contributed by atoms with Crippen LogP contribution in [0.2, 0.25) is 0 Å². The van der Waals surface area contributed by atoms with Crippen molar-refractivity contribution in [1.82, 2.24) is 10.7 Å². The van der Waals surface area contributed by atoms with E-state index in [1.165, 1.54) is 18.7 Å². The molecule has 0 fully saturated rings. The highest BCUT2D eigenvalue weighted by Gasteiger charge is 2.34. The van der Waals surface area contributed by atoms with Gasteiger partial charge < -0.3 is 5.32 Å². The van der Waals surface area contributed by atoms with E-state index in [1.807, 2.05) is 37.3 Å². The number of rotatable bonds is 1. The largest absolute Gasteiger partial charge is 0.304 e. The average molecular weight is 235 g/mol. The third-order valence-corrected chi connectivity index (χ3v) is 3.40. The molecular formula is C11H13N3OS. The van der Waals surface area contributed by atoms with Crippen LogP contribution in [-0.4, -0.2) is 11.1 Å². The Morgan fingerprint density at radius 2 is 2.12 bits per heavy atom. The first-order chi connectivity index (χ1) is 7.60. The van der Waals surface area contributed by atoms with Gasteiger partial charge in [-0.05, 0) is 12.5 Å². The summed E-state index contributed by atoms with van der Waals surface area (Å²) in [6.45, 7) is 3.51. The fourth-order valence-electron chi connectivity index (χ4n) is 1.48. The first-order valence-corrected chi connectivity index (χ1v) is 5.79. The summed E-state index contributed by atoms with van der Waals surface area (Å²) in [5.41, 5.74) is 4.17. The van der Waals surface area contributed by atoms with Crippen LogP contribution in [0.5, 0.6) is 0 Å². The monoisotopic (exact) mass is 235 g/mol. The van der Waals surface area contributed by atoms with Crippen molar-refractivity contribution in [2.24, 2.45) is 5.10 Å². The summed E-state index contributed by atoms with van der Waals surface area (Å²) < 4.78 is 0. The lowest BCUT2D eigenvalue weighted by atomic mass is 10.1. The van der Waals surface area contributed by atoms with Gasteiger partial charge >= 0.3 is 0 Å². The number of amidine groups is 1. The quantitative estimate of drug-likeness (QED) is 0.777. The van der Waals surface area contributed by atoms with Crippen molar-refractivity contribution >= 4 is 22.8 Å². The Hall–Kier alpha value is -1.49. The summed E-state index contributed by atoms with van der Waals surface area (Å²) in [5.74, 6) is -0.106. The molecule has 1 aromatic carbocycles. The molecule has 16 heavy (non-hydrogen) atoms. The third-order valence-electron chi connectivity index (χ3n) is 2.28. The molecule has 4 nitrogen and oxygen atoms in total. The van der Waals surface area contributed by atoms with Crippen molar-refractivity contribution in [3.05, 3.63) is 35.9 Å². The highest BCUT2D eigenvalue weighted by Crippen LogP contribution is 2.37. The minimum atomic E-state index is -0.307. The molecule has 0 spiro atoms. The number of hydrazone groups is 1. The van der Waals surface area contributed by atoms with Gasteiger partial charge in [0.2, 0.25) is 5.91 Å². The van der Waals surface area contributed by atoms with Crippen molar-refractivity contribution in [1.29, 1.82) is 0 Å². The lowest BCUT2D eigenvalue weighted by Crippen LogP contribution is -2.29. The molecule has 0 aliphatic carbocycles. The summed E-state index contributed by atoms with van der Waals surface area (Å²) in [4.78, 5) is 10.6. The van der Waals surface area contributed by atoms with Crippen molar-refractivity contribution in [3.63, 3.8) is 0 Å². The van der Waals surface area contributed by atoms with Crippen LogP contribution >= 0.6 is 11.8 Å². The van der Waals surface area contributed by atoms with Gasteiger partial charge in [0.25, 0.3) is 0 Å². The predicted molar refractivity (Wildman–Crippen MR) is 65.8 cm³/mol. The van der Waals surface area contributed by atoms with Crippen LogP contribution < -0.4 is 10.7 Å². The molecule has 1 heterocycles. The van der Waals surface area contributed by atoms with Gasteiger partial charge in [-0.15, -0.1) is 0 Å². The highest BCUT2D eigenvalue weighted by molar-refractivity contribution is 8.14. The maximum atomic E-state index is 10.9. The second-order valence-corrected chi connectivity index (χ2v) is 5.12. The van der Waals surface area contributed by atoms with Gasteiger partial charge in [-0.1, -0.05) is 42.1 Å². The van der Waals surface area contributed by atoms with E-state index >= 15 is 0 Å². The second-order valence-electron chi connectivity index (χ2n) is 3.71. The summed E-state index contributed by atoms with van der Waals surface area (Å²) in [6, 6.07) is 10.0. The van der Waals surface area contributed by atoms with Crippen LogP contribution in [0.15, 0.2) is 35.4 Å². The summed E-state index contributed by atoms with van der Waals surface area (Å²) in [7, 11) is 0. The standard InChI is InChI=1S/C11H13N3OS/c1-8(15)12-10-13-14-11(2,16-10)9-6-4-3-5-7-9/h3-7,14H,1-2H3,(H,12,13,15). The zero-order valence-corrected chi connectivity index (χ0v) is 9.97. The smallest absolute Gasteiger partial charge is 0.222 e. The number of amides is 1. The van der Waals surface area contributed by atoms with E-state index in [0.29, 0.717) is 5.17 Å². The van der Waals surface area contributed by atoms with Crippen LogP contribution in [0.25, 0.3) is 0 Å². The average Bonchev–Trinajstić information content (AvgIpc) is 2.62. The SMILES string of the molecule is CC(=O)NC1=NNC(C)(c2ccccc2)S1. The Morgan fingerprint density at radius 1 is 1.44 bits per heavy atom. The van der Waals surface area contributed by atoms with Crippen molar-refractivity contribution in [2.75, 3.05) is 0 Å². The molecular weight excluding hydrogens is 222 g/mol. The Bertz CT molecular complexity index is 432. The molecule has 1 aliphatic heterocycles. The molecule has 0 radical (unpaired) electrons. The van der Waals surface area contributed by atoms with E-state index in [0.717, 1.165) is 5.56 Å². The zero-order valence-electron chi connectivity index (χ0n) is 9.15. The van der Waals surface area contributed by atoms with Crippen molar-refractivity contribution in [2.45, 2.75) is 18.7 Å². The van der Waals surface area contributed by atoms with E-state index in [-0.39, 0.29) is 10.8 Å². The normalized spacial score (nSPS) is 23.5. The van der Waals surface area contributed by atoms with Crippen molar-refractivity contribution in [3.8, 4) is 0 Å². The van der Waals surface area contributed by atoms with Gasteiger partial charge in [0, 0.05) is 6.92 Å². The molecule has 0 aromatic heterocycles. The minimum Gasteiger partial charge on any atom is -0.304 e. The van der Waals surface area contributed by atoms with Gasteiger partial charge in [0.15, 0.2) is 5.17 Å². The molecule has 0 saturated carbocycles. The van der Waals surface area contributed by atoms with Crippen LogP contribution in [-0.2, 0) is 9.67 Å². The molecule has 1 atom stereocenters. The molecule has 1 unspecified atom stereocenters. The van der Waals surface area contributed by atoms with E-state index in [1.54, 1.807) is 0 Å². The van der Waals surface area contributed by atoms with Crippen molar-refractivity contribution < 1.29 is 4.79 Å². The summed E-state index contributed by atoms with van der Waals surface area (Å²) in [5, 5.41) is 7.39. The Kier molecular flexibility index (Phi) is 2.87. The number of benzene rings is 1. The number of carbonyl (C=O) groups is 1. The Balaban J connectivity index is 2.12. The minimum absolute atomic E-state index is 0.106. The van der Waals surface area contributed by atoms with E-state index in [4.69, 9.17) is 0 Å². The lowest BCUT2D eigenvalue weighted by Gasteiger charge is -2.22. The molecule has 1 aromatic rings. The van der Waals surface area contributed by atoms with Gasteiger partial charge in [0.1, 0.15) is 4.87 Å². The second kappa shape index (κ2) is 4.17. The molecule has 2 rings (SSSR count). The highest BCUT2D eigenvalue weighted by atomic mass is 32.2. The van der Waals surface area contributed by atoms with Gasteiger partial charge in [-0.3, -0.25) is 10.2 Å². The van der Waals surface area contributed by atoms with Crippen LogP contribution in [0, 0.1) is 0 Å². The summed E-state index contributed by atoms with van der Waals surface area (Å²) in [6.07, 6.45) is 0. The van der Waals surface area contributed by atoms with E-state index in [9.17, 15) is 4.79 Å². The Morgan fingerprint density at radius 3 is 2.75 bits per heavy atom. The number of hydrogen-bond donors (Lipinski definition) is 2. The van der Waals surface area contributed by atoms with Gasteiger partial charge in [0.05, 0.1) is 0 Å². The van der Waals surface area contributed by atoms with Crippen LogP contribution in [0.4, 0.5) is 0 Å². The first kappa shape index (κ1) is 11.0. The van der Waals surface area contributed by atoms with E-state index in [2.05, 4.69) is 15.8 Å². The molecule has 0 bridgehead atoms. The maximum absolute atomic E-state index is 10.9. The van der Waals surface area contributed by atoms with E-state index < -0.39 is 0 Å². The number of nitrogens with one attached hydrogen (secondary N) is 2. The topological polar surface area (TPSA) is 53.5 Å². The number of nitrogens with zero attached hydrogens (tertiary/aromatic N) is 1.